The van der Waals surface area contributed by atoms with Crippen LogP contribution >= 0.6 is 23.2 Å². The van der Waals surface area contributed by atoms with Crippen molar-refractivity contribution in [3.63, 3.8) is 0 Å². The monoisotopic (exact) mass is 378 g/mol. The molecule has 132 valence electrons. The van der Waals surface area contributed by atoms with E-state index in [1.165, 1.54) is 6.92 Å². The van der Waals surface area contributed by atoms with Crippen LogP contribution in [0.4, 0.5) is 0 Å². The molecule has 0 bridgehead atoms. The first-order chi connectivity index (χ1) is 12.0. The number of carbonyl (C=O) groups excluding carboxylic acids is 2. The van der Waals surface area contributed by atoms with Crippen LogP contribution in [0, 0.1) is 0 Å². The fraction of sp³-hybridized carbons (Fsp3) is 0.263. The van der Waals surface area contributed by atoms with Crippen LogP contribution in [0.15, 0.2) is 48.5 Å². The van der Waals surface area contributed by atoms with Gasteiger partial charge in [0.05, 0.1) is 10.6 Å². The minimum atomic E-state index is -0.244. The fourth-order valence-corrected chi connectivity index (χ4v) is 2.73. The van der Waals surface area contributed by atoms with Crippen molar-refractivity contribution in [2.24, 2.45) is 0 Å². The molecule has 0 unspecified atom stereocenters. The van der Waals surface area contributed by atoms with Crippen LogP contribution in [0.1, 0.15) is 22.8 Å². The zero-order valence-electron chi connectivity index (χ0n) is 14.0. The van der Waals surface area contributed by atoms with E-state index in [4.69, 9.17) is 23.2 Å². The summed E-state index contributed by atoms with van der Waals surface area (Å²) in [6.07, 6.45) is 0.731. The largest absolute Gasteiger partial charge is 0.350 e. The molecule has 2 amide bonds. The Morgan fingerprint density at radius 2 is 1.68 bits per heavy atom. The topological polar surface area (TPSA) is 49.4 Å². The Hall–Kier alpha value is -2.04. The Bertz CT molecular complexity index is 732. The van der Waals surface area contributed by atoms with E-state index in [2.05, 4.69) is 5.32 Å². The summed E-state index contributed by atoms with van der Waals surface area (Å²) in [5, 5.41) is 3.89. The second kappa shape index (κ2) is 9.44. The highest BCUT2D eigenvalue weighted by Gasteiger charge is 2.12. The van der Waals surface area contributed by atoms with E-state index >= 15 is 0 Å². The first kappa shape index (κ1) is 19.3. The van der Waals surface area contributed by atoms with Crippen molar-refractivity contribution in [2.45, 2.75) is 13.3 Å². The van der Waals surface area contributed by atoms with Gasteiger partial charge < -0.3 is 10.2 Å². The van der Waals surface area contributed by atoms with Gasteiger partial charge in [0.1, 0.15) is 0 Å². The fourth-order valence-electron chi connectivity index (χ4n) is 2.39. The van der Waals surface area contributed by atoms with Crippen molar-refractivity contribution in [3.05, 3.63) is 69.7 Å². The molecule has 2 rings (SSSR count). The van der Waals surface area contributed by atoms with Crippen molar-refractivity contribution in [1.82, 2.24) is 10.2 Å². The van der Waals surface area contributed by atoms with Crippen LogP contribution in [-0.4, -0.2) is 36.3 Å². The molecule has 0 spiro atoms. The molecule has 0 saturated carbocycles. The highest BCUT2D eigenvalue weighted by molar-refractivity contribution is 6.33. The van der Waals surface area contributed by atoms with E-state index in [0.717, 1.165) is 12.0 Å². The average Bonchev–Trinajstić information content (AvgIpc) is 2.59. The van der Waals surface area contributed by atoms with Crippen LogP contribution in [0.5, 0.6) is 0 Å². The highest BCUT2D eigenvalue weighted by atomic mass is 35.5. The van der Waals surface area contributed by atoms with E-state index in [1.54, 1.807) is 29.2 Å². The lowest BCUT2D eigenvalue weighted by Gasteiger charge is -2.21. The maximum Gasteiger partial charge on any atom is 0.252 e. The van der Waals surface area contributed by atoms with Crippen molar-refractivity contribution < 1.29 is 9.59 Å². The number of nitrogens with zero attached hydrogens (tertiary/aromatic N) is 1. The summed E-state index contributed by atoms with van der Waals surface area (Å²) in [4.78, 5) is 25.6. The molecule has 0 aliphatic rings. The third kappa shape index (κ3) is 6.07. The quantitative estimate of drug-likeness (QED) is 0.795. The maximum atomic E-state index is 12.1. The molecule has 4 nitrogen and oxygen atoms in total. The Balaban J connectivity index is 1.83. The van der Waals surface area contributed by atoms with Gasteiger partial charge in [-0.15, -0.1) is 0 Å². The zero-order valence-corrected chi connectivity index (χ0v) is 15.5. The first-order valence-corrected chi connectivity index (χ1v) is 8.75. The number of carbonyl (C=O) groups is 2. The Kier molecular flexibility index (Phi) is 7.29. The molecule has 0 saturated heterocycles. The summed E-state index contributed by atoms with van der Waals surface area (Å²) in [7, 11) is 0. The molecule has 0 radical (unpaired) electrons. The van der Waals surface area contributed by atoms with Crippen molar-refractivity contribution in [3.8, 4) is 0 Å². The molecular formula is C19H20Cl2N2O2. The molecule has 2 aromatic rings. The maximum absolute atomic E-state index is 12.1. The normalized spacial score (nSPS) is 10.4. The Morgan fingerprint density at radius 1 is 1.00 bits per heavy atom. The van der Waals surface area contributed by atoms with Crippen LogP contribution in [0.2, 0.25) is 10.0 Å². The SMILES string of the molecule is CC(=O)N(CCNC(=O)c1ccccc1Cl)CCc1ccc(Cl)cc1. The Morgan fingerprint density at radius 3 is 2.32 bits per heavy atom. The molecule has 6 heteroatoms. The van der Waals surface area contributed by atoms with Gasteiger partial charge in [0, 0.05) is 31.6 Å². The van der Waals surface area contributed by atoms with Crippen LogP contribution in [0.25, 0.3) is 0 Å². The number of halogens is 2. The third-order valence-electron chi connectivity index (χ3n) is 3.81. The smallest absolute Gasteiger partial charge is 0.252 e. The second-order valence-corrected chi connectivity index (χ2v) is 6.46. The van der Waals surface area contributed by atoms with Gasteiger partial charge in [-0.05, 0) is 36.2 Å². The van der Waals surface area contributed by atoms with E-state index in [-0.39, 0.29) is 11.8 Å². The third-order valence-corrected chi connectivity index (χ3v) is 4.40. The molecule has 0 aromatic heterocycles. The van der Waals surface area contributed by atoms with Gasteiger partial charge in [0.2, 0.25) is 5.91 Å². The number of hydrogen-bond acceptors (Lipinski definition) is 2. The molecule has 0 heterocycles. The minimum Gasteiger partial charge on any atom is -0.350 e. The van der Waals surface area contributed by atoms with Gasteiger partial charge in [-0.3, -0.25) is 9.59 Å². The standard InChI is InChI=1S/C19H20Cl2N2O2/c1-14(24)23(12-10-15-6-8-16(20)9-7-15)13-11-22-19(25)17-4-2-3-5-18(17)21/h2-9H,10-13H2,1H3,(H,22,25). The lowest BCUT2D eigenvalue weighted by Crippen LogP contribution is -2.38. The molecule has 0 fully saturated rings. The van der Waals surface area contributed by atoms with Crippen LogP contribution < -0.4 is 5.32 Å². The van der Waals surface area contributed by atoms with Gasteiger partial charge in [-0.1, -0.05) is 47.5 Å². The van der Waals surface area contributed by atoms with E-state index in [1.807, 2.05) is 24.3 Å². The lowest BCUT2D eigenvalue weighted by molar-refractivity contribution is -0.128. The van der Waals surface area contributed by atoms with Gasteiger partial charge in [0.25, 0.3) is 5.91 Å². The number of hydrogen-bond donors (Lipinski definition) is 1. The molecule has 1 N–H and O–H groups in total. The molecule has 2 aromatic carbocycles. The van der Waals surface area contributed by atoms with Crippen molar-refractivity contribution in [1.29, 1.82) is 0 Å². The lowest BCUT2D eigenvalue weighted by atomic mass is 10.1. The van der Waals surface area contributed by atoms with Crippen molar-refractivity contribution in [2.75, 3.05) is 19.6 Å². The van der Waals surface area contributed by atoms with E-state index in [0.29, 0.717) is 35.2 Å². The first-order valence-electron chi connectivity index (χ1n) is 8.00. The summed E-state index contributed by atoms with van der Waals surface area (Å²) >= 11 is 11.9. The summed E-state index contributed by atoms with van der Waals surface area (Å²) < 4.78 is 0. The van der Waals surface area contributed by atoms with E-state index < -0.39 is 0 Å². The number of benzene rings is 2. The predicted molar refractivity (Wildman–Crippen MR) is 101 cm³/mol. The van der Waals surface area contributed by atoms with Gasteiger partial charge in [0.15, 0.2) is 0 Å². The van der Waals surface area contributed by atoms with Crippen molar-refractivity contribution >= 4 is 35.0 Å². The highest BCUT2D eigenvalue weighted by Crippen LogP contribution is 2.14. The predicted octanol–water partition coefficient (Wildman–Crippen LogP) is 3.81. The van der Waals surface area contributed by atoms with Gasteiger partial charge in [-0.25, -0.2) is 0 Å². The minimum absolute atomic E-state index is 0.0269. The molecule has 0 aliphatic carbocycles. The second-order valence-electron chi connectivity index (χ2n) is 5.62. The van der Waals surface area contributed by atoms with Gasteiger partial charge >= 0.3 is 0 Å². The van der Waals surface area contributed by atoms with Crippen LogP contribution in [-0.2, 0) is 11.2 Å². The molecule has 25 heavy (non-hydrogen) atoms. The summed E-state index contributed by atoms with van der Waals surface area (Å²) in [6, 6.07) is 14.4. The molecule has 0 atom stereocenters. The summed E-state index contributed by atoms with van der Waals surface area (Å²) in [6.45, 7) is 2.92. The average molecular weight is 379 g/mol. The van der Waals surface area contributed by atoms with Gasteiger partial charge in [-0.2, -0.15) is 0 Å². The molecular weight excluding hydrogens is 359 g/mol. The van der Waals surface area contributed by atoms with E-state index in [9.17, 15) is 9.59 Å². The number of nitrogens with one attached hydrogen (secondary N) is 1. The number of rotatable bonds is 7. The van der Waals surface area contributed by atoms with Crippen LogP contribution in [0.3, 0.4) is 0 Å². The summed E-state index contributed by atoms with van der Waals surface area (Å²) in [5.41, 5.74) is 1.54. The Labute approximate surface area is 157 Å². The number of amides is 2. The zero-order chi connectivity index (χ0) is 18.2. The molecule has 0 aliphatic heterocycles. The summed E-state index contributed by atoms with van der Waals surface area (Å²) in [5.74, 6) is -0.271.